The van der Waals surface area contributed by atoms with Crippen molar-refractivity contribution in [1.29, 1.82) is 0 Å². The van der Waals surface area contributed by atoms with Crippen molar-refractivity contribution in [3.05, 3.63) is 30.1 Å². The van der Waals surface area contributed by atoms with Gasteiger partial charge in [0, 0.05) is 11.3 Å². The number of anilines is 1. The van der Waals surface area contributed by atoms with E-state index < -0.39 is 0 Å². The molecule has 0 aliphatic carbocycles. The molecule has 0 radical (unpaired) electrons. The smallest absolute Gasteiger partial charge is 0.234 e. The van der Waals surface area contributed by atoms with Crippen molar-refractivity contribution in [2.75, 3.05) is 5.73 Å². The summed E-state index contributed by atoms with van der Waals surface area (Å²) >= 11 is 1.48. The summed E-state index contributed by atoms with van der Waals surface area (Å²) in [4.78, 5) is 0.788. The van der Waals surface area contributed by atoms with E-state index >= 15 is 0 Å². The molecule has 0 saturated heterocycles. The molecule has 0 aliphatic heterocycles. The maximum Gasteiger partial charge on any atom is 0.234 e. The highest BCUT2D eigenvalue weighted by atomic mass is 32.1. The first-order valence-corrected chi connectivity index (χ1v) is 5.61. The minimum absolute atomic E-state index is 0.727. The van der Waals surface area contributed by atoms with Crippen LogP contribution >= 0.6 is 11.3 Å². The molecule has 5 nitrogen and oxygen atoms in total. The number of benzene rings is 1. The molecule has 2 aromatic heterocycles. The third-order valence-electron chi connectivity index (χ3n) is 2.34. The number of para-hydroxylation sites is 1. The van der Waals surface area contributed by atoms with Gasteiger partial charge < -0.3 is 5.73 Å². The number of rotatable bonds is 1. The number of aromatic nitrogens is 4. The van der Waals surface area contributed by atoms with Crippen LogP contribution in [-0.4, -0.2) is 19.8 Å². The Morgan fingerprint density at radius 1 is 1.25 bits per heavy atom. The number of hydrogen-bond acceptors (Lipinski definition) is 5. The second-order valence-corrected chi connectivity index (χ2v) is 4.39. The molecule has 80 valence electrons. The third-order valence-corrected chi connectivity index (χ3v) is 3.27. The van der Waals surface area contributed by atoms with Gasteiger partial charge in [-0.3, -0.25) is 0 Å². The maximum absolute atomic E-state index is 5.90. The highest BCUT2D eigenvalue weighted by Gasteiger charge is 2.11. The zero-order chi connectivity index (χ0) is 11.1. The summed E-state index contributed by atoms with van der Waals surface area (Å²) in [7, 11) is 0. The maximum atomic E-state index is 5.90. The van der Waals surface area contributed by atoms with Gasteiger partial charge >= 0.3 is 0 Å². The second kappa shape index (κ2) is 3.28. The fraction of sp³-hybridized carbons (Fsp3) is 0.100. The molecule has 3 rings (SSSR count). The van der Waals surface area contributed by atoms with Gasteiger partial charge in [-0.25, -0.2) is 0 Å². The van der Waals surface area contributed by atoms with Gasteiger partial charge in [-0.15, -0.1) is 10.2 Å². The summed E-state index contributed by atoms with van der Waals surface area (Å²) in [6.07, 6.45) is 0. The molecule has 2 heterocycles. The van der Waals surface area contributed by atoms with Gasteiger partial charge in [0.15, 0.2) is 5.82 Å². The molecular weight excluding hydrogens is 222 g/mol. The SMILES string of the molecule is Cc1nnc2sc(-c3ccccc3N)nn12. The van der Waals surface area contributed by atoms with E-state index in [0.717, 1.165) is 27.0 Å². The van der Waals surface area contributed by atoms with Crippen LogP contribution in [0, 0.1) is 6.92 Å². The van der Waals surface area contributed by atoms with Crippen LogP contribution in [0.1, 0.15) is 5.82 Å². The minimum Gasteiger partial charge on any atom is -0.398 e. The Hall–Kier alpha value is -1.95. The summed E-state index contributed by atoms with van der Waals surface area (Å²) < 4.78 is 1.73. The van der Waals surface area contributed by atoms with Crippen molar-refractivity contribution in [3.63, 3.8) is 0 Å². The van der Waals surface area contributed by atoms with Crippen LogP contribution in [0.15, 0.2) is 24.3 Å². The van der Waals surface area contributed by atoms with Crippen LogP contribution < -0.4 is 5.73 Å². The lowest BCUT2D eigenvalue weighted by Gasteiger charge is -1.99. The molecule has 0 spiro atoms. The molecule has 16 heavy (non-hydrogen) atoms. The van der Waals surface area contributed by atoms with E-state index in [9.17, 15) is 0 Å². The number of nitrogen functional groups attached to an aromatic ring is 1. The van der Waals surface area contributed by atoms with Crippen LogP contribution in [0.25, 0.3) is 15.5 Å². The van der Waals surface area contributed by atoms with Crippen molar-refractivity contribution in [2.24, 2.45) is 0 Å². The first-order chi connectivity index (χ1) is 7.75. The summed E-state index contributed by atoms with van der Waals surface area (Å²) in [5.41, 5.74) is 7.57. The predicted molar refractivity (Wildman–Crippen MR) is 63.2 cm³/mol. The molecule has 0 amide bonds. The van der Waals surface area contributed by atoms with Gasteiger partial charge in [0.2, 0.25) is 4.96 Å². The number of hydrogen-bond donors (Lipinski definition) is 1. The number of fused-ring (bicyclic) bond motifs is 1. The van der Waals surface area contributed by atoms with Crippen LogP contribution in [-0.2, 0) is 0 Å². The molecular formula is C10H9N5S. The fourth-order valence-electron chi connectivity index (χ4n) is 1.52. The zero-order valence-corrected chi connectivity index (χ0v) is 9.40. The van der Waals surface area contributed by atoms with Crippen molar-refractivity contribution < 1.29 is 0 Å². The lowest BCUT2D eigenvalue weighted by Crippen LogP contribution is -1.91. The average molecular weight is 231 g/mol. The van der Waals surface area contributed by atoms with E-state index in [-0.39, 0.29) is 0 Å². The Kier molecular flexibility index (Phi) is 1.90. The summed E-state index contributed by atoms with van der Waals surface area (Å²) in [6, 6.07) is 7.67. The summed E-state index contributed by atoms with van der Waals surface area (Å²) in [5, 5.41) is 13.3. The van der Waals surface area contributed by atoms with Crippen molar-refractivity contribution in [2.45, 2.75) is 6.92 Å². The lowest BCUT2D eigenvalue weighted by molar-refractivity contribution is 0.898. The molecule has 0 bridgehead atoms. The first kappa shape index (κ1) is 9.29. The van der Waals surface area contributed by atoms with Gasteiger partial charge in [-0.2, -0.15) is 9.61 Å². The Morgan fingerprint density at radius 3 is 2.81 bits per heavy atom. The van der Waals surface area contributed by atoms with Crippen LogP contribution in [0.3, 0.4) is 0 Å². The van der Waals surface area contributed by atoms with E-state index in [1.54, 1.807) is 4.52 Å². The largest absolute Gasteiger partial charge is 0.398 e. The Labute approximate surface area is 95.5 Å². The Morgan fingerprint density at radius 2 is 2.06 bits per heavy atom. The van der Waals surface area contributed by atoms with E-state index in [4.69, 9.17) is 5.73 Å². The normalized spacial score (nSPS) is 11.1. The lowest BCUT2D eigenvalue weighted by atomic mass is 10.2. The van der Waals surface area contributed by atoms with E-state index in [1.807, 2.05) is 31.2 Å². The molecule has 1 aromatic carbocycles. The number of nitrogens with two attached hydrogens (primary N) is 1. The second-order valence-electron chi connectivity index (χ2n) is 3.44. The van der Waals surface area contributed by atoms with Crippen molar-refractivity contribution >= 4 is 22.0 Å². The van der Waals surface area contributed by atoms with Gasteiger partial charge in [-0.05, 0) is 19.1 Å². The fourth-order valence-corrected chi connectivity index (χ4v) is 2.45. The molecule has 0 unspecified atom stereocenters. The average Bonchev–Trinajstić information content (AvgIpc) is 2.82. The van der Waals surface area contributed by atoms with Gasteiger partial charge in [0.25, 0.3) is 0 Å². The molecule has 0 saturated carbocycles. The molecule has 6 heteroatoms. The van der Waals surface area contributed by atoms with Crippen LogP contribution in [0.2, 0.25) is 0 Å². The van der Waals surface area contributed by atoms with Gasteiger partial charge in [0.1, 0.15) is 5.01 Å². The standard InChI is InChI=1S/C10H9N5S/c1-6-12-13-10-15(6)14-9(16-10)7-4-2-3-5-8(7)11/h2-5H,11H2,1H3. The van der Waals surface area contributed by atoms with Crippen molar-refractivity contribution in [3.8, 4) is 10.6 Å². The van der Waals surface area contributed by atoms with E-state index in [1.165, 1.54) is 11.3 Å². The number of aryl methyl sites for hydroxylation is 1. The monoisotopic (exact) mass is 231 g/mol. The Bertz CT molecular complexity index is 654. The van der Waals surface area contributed by atoms with Crippen LogP contribution in [0.4, 0.5) is 5.69 Å². The zero-order valence-electron chi connectivity index (χ0n) is 8.58. The summed E-state index contributed by atoms with van der Waals surface area (Å²) in [6.45, 7) is 1.87. The van der Waals surface area contributed by atoms with Crippen molar-refractivity contribution in [1.82, 2.24) is 19.8 Å². The van der Waals surface area contributed by atoms with Gasteiger partial charge in [-0.1, -0.05) is 23.5 Å². The molecule has 2 N–H and O–H groups in total. The first-order valence-electron chi connectivity index (χ1n) is 4.79. The molecule has 0 fully saturated rings. The van der Waals surface area contributed by atoms with Gasteiger partial charge in [0.05, 0.1) is 0 Å². The molecule has 3 aromatic rings. The molecule has 0 atom stereocenters. The predicted octanol–water partition coefficient (Wildman–Crippen LogP) is 1.74. The topological polar surface area (TPSA) is 69.1 Å². The van der Waals surface area contributed by atoms with E-state index in [0.29, 0.717) is 0 Å². The highest BCUT2D eigenvalue weighted by molar-refractivity contribution is 7.19. The number of nitrogens with zero attached hydrogens (tertiary/aromatic N) is 4. The summed E-state index contributed by atoms with van der Waals surface area (Å²) in [5.74, 6) is 0.784. The molecule has 0 aliphatic rings. The minimum atomic E-state index is 0.727. The van der Waals surface area contributed by atoms with Crippen LogP contribution in [0.5, 0.6) is 0 Å². The van der Waals surface area contributed by atoms with E-state index in [2.05, 4.69) is 15.3 Å². The quantitative estimate of drug-likeness (QED) is 0.648. The highest BCUT2D eigenvalue weighted by Crippen LogP contribution is 2.29. The third kappa shape index (κ3) is 1.27. The Balaban J connectivity index is 2.23.